The summed E-state index contributed by atoms with van der Waals surface area (Å²) in [5.41, 5.74) is 1.60. The predicted octanol–water partition coefficient (Wildman–Crippen LogP) is 1.25. The summed E-state index contributed by atoms with van der Waals surface area (Å²) in [4.78, 5) is 26.3. The Morgan fingerprint density at radius 3 is 3.09 bits per heavy atom. The zero-order valence-corrected chi connectivity index (χ0v) is 12.4. The Morgan fingerprint density at radius 1 is 1.45 bits per heavy atom. The van der Waals surface area contributed by atoms with Crippen molar-refractivity contribution in [3.05, 3.63) is 42.1 Å². The fourth-order valence-corrected chi connectivity index (χ4v) is 2.50. The van der Waals surface area contributed by atoms with Crippen LogP contribution in [0.4, 0.5) is 0 Å². The lowest BCUT2D eigenvalue weighted by Crippen LogP contribution is -2.45. The molecule has 0 spiro atoms. The number of hydrogen-bond donors (Lipinski definition) is 0. The number of oxazole rings is 1. The number of amides is 1. The highest BCUT2D eigenvalue weighted by Crippen LogP contribution is 2.15. The molecular formula is C15H18N4O3. The maximum Gasteiger partial charge on any atom is 0.291 e. The summed E-state index contributed by atoms with van der Waals surface area (Å²) < 4.78 is 10.9. The van der Waals surface area contributed by atoms with Crippen LogP contribution < -0.4 is 0 Å². The molecule has 1 amide bonds. The van der Waals surface area contributed by atoms with Gasteiger partial charge in [-0.2, -0.15) is 0 Å². The van der Waals surface area contributed by atoms with Gasteiger partial charge in [0, 0.05) is 25.0 Å². The quantitative estimate of drug-likeness (QED) is 0.845. The highest BCUT2D eigenvalue weighted by atomic mass is 16.5. The molecular weight excluding hydrogens is 284 g/mol. The van der Waals surface area contributed by atoms with Gasteiger partial charge in [0.2, 0.25) is 5.76 Å². The van der Waals surface area contributed by atoms with E-state index in [0.717, 1.165) is 18.5 Å². The topological polar surface area (TPSA) is 81.4 Å². The smallest absolute Gasteiger partial charge is 0.291 e. The van der Waals surface area contributed by atoms with E-state index < -0.39 is 0 Å². The Labute approximate surface area is 128 Å². The van der Waals surface area contributed by atoms with Crippen molar-refractivity contribution in [2.24, 2.45) is 0 Å². The van der Waals surface area contributed by atoms with Crippen LogP contribution in [0, 0.1) is 6.92 Å². The van der Waals surface area contributed by atoms with Crippen molar-refractivity contribution < 1.29 is 13.9 Å². The maximum absolute atomic E-state index is 12.4. The molecule has 2 aromatic rings. The van der Waals surface area contributed by atoms with E-state index in [1.807, 2.05) is 6.07 Å². The third-order valence-electron chi connectivity index (χ3n) is 3.73. The van der Waals surface area contributed by atoms with Crippen molar-refractivity contribution in [2.45, 2.75) is 25.9 Å². The first kappa shape index (κ1) is 14.6. The van der Waals surface area contributed by atoms with E-state index in [0.29, 0.717) is 31.2 Å². The van der Waals surface area contributed by atoms with Crippen LogP contribution in [-0.2, 0) is 11.2 Å². The Balaban J connectivity index is 1.57. The van der Waals surface area contributed by atoms with Gasteiger partial charge in [-0.3, -0.25) is 4.79 Å². The first-order chi connectivity index (χ1) is 10.7. The first-order valence-corrected chi connectivity index (χ1v) is 7.30. The molecule has 1 aliphatic heterocycles. The number of aromatic nitrogens is 3. The lowest BCUT2D eigenvalue weighted by atomic mass is 10.1. The number of nitrogens with zero attached hydrogens (tertiary/aromatic N) is 4. The van der Waals surface area contributed by atoms with Crippen molar-refractivity contribution in [3.63, 3.8) is 0 Å². The highest BCUT2D eigenvalue weighted by Gasteiger charge is 2.27. The molecule has 0 aromatic carbocycles. The van der Waals surface area contributed by atoms with Gasteiger partial charge in [0.1, 0.15) is 6.33 Å². The van der Waals surface area contributed by atoms with Gasteiger partial charge in [-0.25, -0.2) is 15.0 Å². The minimum atomic E-state index is -0.120. The summed E-state index contributed by atoms with van der Waals surface area (Å²) in [7, 11) is 0. The molecule has 2 aromatic heterocycles. The average molecular weight is 302 g/mol. The standard InChI is InChI=1S/C15H18N4O3/c1-11-14(22-10-18-11)15(20)19-6-7-21-13(8-19)3-2-12-4-5-16-9-17-12/h4-5,9-10,13H,2-3,6-8H2,1H3/t13-/m0/s1. The molecule has 3 rings (SSSR count). The van der Waals surface area contributed by atoms with E-state index in [2.05, 4.69) is 15.0 Å². The van der Waals surface area contributed by atoms with Gasteiger partial charge in [0.25, 0.3) is 5.91 Å². The second kappa shape index (κ2) is 6.65. The Morgan fingerprint density at radius 2 is 2.36 bits per heavy atom. The van der Waals surface area contributed by atoms with Gasteiger partial charge in [-0.05, 0) is 25.8 Å². The molecule has 0 radical (unpaired) electrons. The van der Waals surface area contributed by atoms with Crippen molar-refractivity contribution in [3.8, 4) is 0 Å². The summed E-state index contributed by atoms with van der Waals surface area (Å²) in [5, 5.41) is 0. The molecule has 116 valence electrons. The number of ether oxygens (including phenoxy) is 1. The van der Waals surface area contributed by atoms with Gasteiger partial charge in [-0.15, -0.1) is 0 Å². The van der Waals surface area contributed by atoms with Crippen LogP contribution in [0.5, 0.6) is 0 Å². The molecule has 1 atom stereocenters. The zero-order valence-electron chi connectivity index (χ0n) is 12.4. The molecule has 0 bridgehead atoms. The molecule has 7 nitrogen and oxygen atoms in total. The number of morpholine rings is 1. The molecule has 0 saturated carbocycles. The van der Waals surface area contributed by atoms with E-state index in [4.69, 9.17) is 9.15 Å². The summed E-state index contributed by atoms with van der Waals surface area (Å²) in [6, 6.07) is 1.89. The van der Waals surface area contributed by atoms with Gasteiger partial charge >= 0.3 is 0 Å². The van der Waals surface area contributed by atoms with E-state index >= 15 is 0 Å². The Hall–Kier alpha value is -2.28. The molecule has 0 aliphatic carbocycles. The van der Waals surface area contributed by atoms with Crippen LogP contribution >= 0.6 is 0 Å². The molecule has 1 aliphatic rings. The maximum atomic E-state index is 12.4. The number of carbonyl (C=O) groups excluding carboxylic acids is 1. The summed E-state index contributed by atoms with van der Waals surface area (Å²) in [6.45, 7) is 3.43. The lowest BCUT2D eigenvalue weighted by Gasteiger charge is -2.32. The summed E-state index contributed by atoms with van der Waals surface area (Å²) >= 11 is 0. The average Bonchev–Trinajstić information content (AvgIpc) is 2.99. The largest absolute Gasteiger partial charge is 0.438 e. The van der Waals surface area contributed by atoms with E-state index in [9.17, 15) is 4.79 Å². The molecule has 22 heavy (non-hydrogen) atoms. The van der Waals surface area contributed by atoms with E-state index in [-0.39, 0.29) is 12.0 Å². The monoisotopic (exact) mass is 302 g/mol. The minimum Gasteiger partial charge on any atom is -0.438 e. The second-order valence-electron chi connectivity index (χ2n) is 5.25. The first-order valence-electron chi connectivity index (χ1n) is 7.30. The highest BCUT2D eigenvalue weighted by molar-refractivity contribution is 5.92. The molecule has 1 saturated heterocycles. The number of hydrogen-bond acceptors (Lipinski definition) is 6. The third-order valence-corrected chi connectivity index (χ3v) is 3.73. The lowest BCUT2D eigenvalue weighted by molar-refractivity contribution is -0.0256. The van der Waals surface area contributed by atoms with Gasteiger partial charge in [0.15, 0.2) is 6.39 Å². The summed E-state index contributed by atoms with van der Waals surface area (Å²) in [5.74, 6) is 0.196. The molecule has 1 fully saturated rings. The van der Waals surface area contributed by atoms with Crippen molar-refractivity contribution in [2.75, 3.05) is 19.7 Å². The van der Waals surface area contributed by atoms with Gasteiger partial charge in [-0.1, -0.05) is 0 Å². The number of rotatable bonds is 4. The minimum absolute atomic E-state index is 0.0101. The fraction of sp³-hybridized carbons (Fsp3) is 0.467. The fourth-order valence-electron chi connectivity index (χ4n) is 2.50. The van der Waals surface area contributed by atoms with Crippen LogP contribution in [-0.4, -0.2) is 51.6 Å². The number of carbonyl (C=O) groups is 1. The zero-order chi connectivity index (χ0) is 15.4. The third kappa shape index (κ3) is 3.30. The van der Waals surface area contributed by atoms with E-state index in [1.54, 1.807) is 24.3 Å². The van der Waals surface area contributed by atoms with Crippen LogP contribution in [0.2, 0.25) is 0 Å². The number of aryl methyl sites for hydroxylation is 2. The Kier molecular flexibility index (Phi) is 4.43. The van der Waals surface area contributed by atoms with Gasteiger partial charge < -0.3 is 14.1 Å². The normalized spacial score (nSPS) is 18.4. The summed E-state index contributed by atoms with van der Waals surface area (Å²) in [6.07, 6.45) is 6.20. The second-order valence-corrected chi connectivity index (χ2v) is 5.25. The van der Waals surface area contributed by atoms with Crippen molar-refractivity contribution in [1.82, 2.24) is 19.9 Å². The van der Waals surface area contributed by atoms with Crippen LogP contribution in [0.15, 0.2) is 29.4 Å². The van der Waals surface area contributed by atoms with Crippen LogP contribution in [0.1, 0.15) is 28.4 Å². The van der Waals surface area contributed by atoms with Gasteiger partial charge in [0.05, 0.1) is 18.4 Å². The SMILES string of the molecule is Cc1ncoc1C(=O)N1CCO[C@@H](CCc2ccncn2)C1. The van der Waals surface area contributed by atoms with Crippen molar-refractivity contribution in [1.29, 1.82) is 0 Å². The van der Waals surface area contributed by atoms with Crippen LogP contribution in [0.3, 0.4) is 0 Å². The predicted molar refractivity (Wildman–Crippen MR) is 77.2 cm³/mol. The van der Waals surface area contributed by atoms with Crippen molar-refractivity contribution >= 4 is 5.91 Å². The molecule has 0 unspecified atom stereocenters. The van der Waals surface area contributed by atoms with E-state index in [1.165, 1.54) is 6.39 Å². The van der Waals surface area contributed by atoms with Crippen LogP contribution in [0.25, 0.3) is 0 Å². The molecule has 3 heterocycles. The molecule has 0 N–H and O–H groups in total. The Bertz CT molecular complexity index is 629. The molecule has 7 heteroatoms.